The zero-order valence-corrected chi connectivity index (χ0v) is 17.8. The van der Waals surface area contributed by atoms with E-state index in [4.69, 9.17) is 4.74 Å². The molecule has 0 heterocycles. The van der Waals surface area contributed by atoms with Crippen LogP contribution >= 0.6 is 0 Å². The number of nitro groups is 1. The van der Waals surface area contributed by atoms with E-state index >= 15 is 0 Å². The Morgan fingerprint density at radius 1 is 1.06 bits per heavy atom. The van der Waals surface area contributed by atoms with Gasteiger partial charge in [0.1, 0.15) is 11.6 Å². The van der Waals surface area contributed by atoms with Crippen LogP contribution in [-0.2, 0) is 10.0 Å². The van der Waals surface area contributed by atoms with Gasteiger partial charge in [0.05, 0.1) is 22.6 Å². The molecule has 1 amide bonds. The van der Waals surface area contributed by atoms with Crippen LogP contribution in [0.5, 0.6) is 5.75 Å². The predicted molar refractivity (Wildman–Crippen MR) is 116 cm³/mol. The number of amides is 1. The molecule has 2 N–H and O–H groups in total. The van der Waals surface area contributed by atoms with Crippen LogP contribution in [0.2, 0.25) is 0 Å². The highest BCUT2D eigenvalue weighted by atomic mass is 32.2. The van der Waals surface area contributed by atoms with Gasteiger partial charge < -0.3 is 10.1 Å². The molecule has 0 saturated carbocycles. The Morgan fingerprint density at radius 2 is 1.81 bits per heavy atom. The van der Waals surface area contributed by atoms with E-state index in [2.05, 4.69) is 10.0 Å². The highest BCUT2D eigenvalue weighted by Crippen LogP contribution is 2.31. The fourth-order valence-electron chi connectivity index (χ4n) is 2.86. The fourth-order valence-corrected chi connectivity index (χ4v) is 3.97. The van der Waals surface area contributed by atoms with E-state index in [9.17, 15) is 27.7 Å². The van der Waals surface area contributed by atoms with Gasteiger partial charge in [0, 0.05) is 23.4 Å². The molecular weight excluding hydrogens is 441 g/mol. The van der Waals surface area contributed by atoms with Gasteiger partial charge in [-0.1, -0.05) is 6.07 Å². The summed E-state index contributed by atoms with van der Waals surface area (Å²) >= 11 is 0. The van der Waals surface area contributed by atoms with Gasteiger partial charge in [0.15, 0.2) is 0 Å². The molecule has 0 atom stereocenters. The molecule has 3 aromatic carbocycles. The number of rotatable bonds is 7. The number of halogens is 1. The largest absolute Gasteiger partial charge is 0.495 e. The van der Waals surface area contributed by atoms with Crippen molar-refractivity contribution in [2.75, 3.05) is 17.1 Å². The minimum Gasteiger partial charge on any atom is -0.495 e. The van der Waals surface area contributed by atoms with E-state index in [0.717, 1.165) is 12.1 Å². The molecule has 0 saturated heterocycles. The number of sulfonamides is 1. The Labute approximate surface area is 183 Å². The van der Waals surface area contributed by atoms with Crippen LogP contribution in [0.1, 0.15) is 15.9 Å². The topological polar surface area (TPSA) is 128 Å². The van der Waals surface area contributed by atoms with Crippen molar-refractivity contribution in [2.24, 2.45) is 0 Å². The first-order chi connectivity index (χ1) is 15.1. The van der Waals surface area contributed by atoms with Gasteiger partial charge in [-0.3, -0.25) is 19.6 Å². The lowest BCUT2D eigenvalue weighted by molar-refractivity contribution is -0.384. The number of nitrogens with one attached hydrogen (secondary N) is 2. The van der Waals surface area contributed by atoms with E-state index < -0.39 is 26.7 Å². The van der Waals surface area contributed by atoms with Crippen molar-refractivity contribution < 1.29 is 27.3 Å². The van der Waals surface area contributed by atoms with E-state index in [1.54, 1.807) is 6.92 Å². The molecule has 0 radical (unpaired) electrons. The summed E-state index contributed by atoms with van der Waals surface area (Å²) in [5.41, 5.74) is 0.470. The molecule has 0 aliphatic heterocycles. The van der Waals surface area contributed by atoms with Gasteiger partial charge in [0.25, 0.3) is 21.6 Å². The first-order valence-electron chi connectivity index (χ1n) is 9.13. The zero-order chi connectivity index (χ0) is 23.5. The quantitative estimate of drug-likeness (QED) is 0.404. The Morgan fingerprint density at radius 3 is 2.47 bits per heavy atom. The van der Waals surface area contributed by atoms with E-state index in [1.165, 1.54) is 55.6 Å². The van der Waals surface area contributed by atoms with Crippen LogP contribution < -0.4 is 14.8 Å². The number of nitrogens with zero attached hydrogens (tertiary/aromatic N) is 1. The van der Waals surface area contributed by atoms with Gasteiger partial charge in [-0.05, 0) is 55.0 Å². The first kappa shape index (κ1) is 22.7. The molecule has 32 heavy (non-hydrogen) atoms. The normalized spacial score (nSPS) is 11.0. The lowest BCUT2D eigenvalue weighted by Gasteiger charge is -2.13. The number of benzene rings is 3. The maximum absolute atomic E-state index is 13.3. The molecule has 9 nitrogen and oxygen atoms in total. The second kappa shape index (κ2) is 9.02. The van der Waals surface area contributed by atoms with Crippen LogP contribution in [0.25, 0.3) is 0 Å². The van der Waals surface area contributed by atoms with Gasteiger partial charge >= 0.3 is 0 Å². The third-order valence-corrected chi connectivity index (χ3v) is 5.84. The minimum atomic E-state index is -4.21. The summed E-state index contributed by atoms with van der Waals surface area (Å²) in [6.45, 7) is 1.62. The number of carbonyl (C=O) groups excluding carboxylic acids is 1. The second-order valence-electron chi connectivity index (χ2n) is 6.69. The Bertz CT molecular complexity index is 1310. The lowest BCUT2D eigenvalue weighted by atomic mass is 10.1. The SMILES string of the molecule is COc1ccc([N+](=O)[O-])cc1NS(=O)(=O)c1cccc(C(=O)Nc2ccc(F)cc2C)c1. The van der Waals surface area contributed by atoms with Crippen molar-refractivity contribution in [3.63, 3.8) is 0 Å². The number of anilines is 2. The summed E-state index contributed by atoms with van der Waals surface area (Å²) in [7, 11) is -2.92. The first-order valence-corrected chi connectivity index (χ1v) is 10.6. The molecule has 0 bridgehead atoms. The van der Waals surface area contributed by atoms with Gasteiger partial charge in [0.2, 0.25) is 0 Å². The average Bonchev–Trinajstić information content (AvgIpc) is 2.75. The minimum absolute atomic E-state index is 0.0441. The van der Waals surface area contributed by atoms with Crippen LogP contribution in [0.4, 0.5) is 21.5 Å². The van der Waals surface area contributed by atoms with Crippen molar-refractivity contribution in [3.05, 3.63) is 87.7 Å². The number of hydrogen-bond acceptors (Lipinski definition) is 6. The van der Waals surface area contributed by atoms with Gasteiger partial charge in [-0.25, -0.2) is 12.8 Å². The molecule has 11 heteroatoms. The third kappa shape index (κ3) is 5.01. The summed E-state index contributed by atoms with van der Waals surface area (Å²) in [5, 5.41) is 13.6. The summed E-state index contributed by atoms with van der Waals surface area (Å²) in [4.78, 5) is 22.7. The Balaban J connectivity index is 1.89. The van der Waals surface area contributed by atoms with Crippen molar-refractivity contribution in [2.45, 2.75) is 11.8 Å². The summed E-state index contributed by atoms with van der Waals surface area (Å²) < 4.78 is 46.3. The van der Waals surface area contributed by atoms with Gasteiger partial charge in [-0.2, -0.15) is 0 Å². The number of hydrogen-bond donors (Lipinski definition) is 2. The highest BCUT2D eigenvalue weighted by Gasteiger charge is 2.21. The highest BCUT2D eigenvalue weighted by molar-refractivity contribution is 7.92. The Hall–Kier alpha value is -3.99. The smallest absolute Gasteiger partial charge is 0.271 e. The van der Waals surface area contributed by atoms with Gasteiger partial charge in [-0.15, -0.1) is 0 Å². The summed E-state index contributed by atoms with van der Waals surface area (Å²) in [6, 6.07) is 12.6. The van der Waals surface area contributed by atoms with Crippen molar-refractivity contribution in [1.29, 1.82) is 0 Å². The standard InChI is InChI=1S/C21H18FN3O6S/c1-13-10-15(22)6-8-18(13)23-21(26)14-4-3-5-17(11-14)32(29,30)24-19-12-16(25(27)28)7-9-20(19)31-2/h3-12,24H,1-2H3,(H,23,26). The summed E-state index contributed by atoms with van der Waals surface area (Å²) in [6.07, 6.45) is 0. The molecule has 3 rings (SSSR count). The van der Waals surface area contributed by atoms with E-state index in [1.807, 2.05) is 0 Å². The van der Waals surface area contributed by atoms with E-state index in [0.29, 0.717) is 11.3 Å². The van der Waals surface area contributed by atoms with Crippen molar-refractivity contribution >= 4 is 33.0 Å². The molecule has 0 aliphatic carbocycles. The number of nitro benzene ring substituents is 1. The second-order valence-corrected chi connectivity index (χ2v) is 8.37. The third-order valence-electron chi connectivity index (χ3n) is 4.48. The maximum atomic E-state index is 13.3. The number of aryl methyl sites for hydroxylation is 1. The van der Waals surface area contributed by atoms with Crippen LogP contribution in [0.3, 0.4) is 0 Å². The fraction of sp³-hybridized carbons (Fsp3) is 0.0952. The van der Waals surface area contributed by atoms with Crippen LogP contribution in [-0.4, -0.2) is 26.4 Å². The number of ether oxygens (including phenoxy) is 1. The molecule has 0 fully saturated rings. The predicted octanol–water partition coefficient (Wildman–Crippen LogP) is 4.10. The van der Waals surface area contributed by atoms with Crippen molar-refractivity contribution in [1.82, 2.24) is 0 Å². The van der Waals surface area contributed by atoms with Crippen molar-refractivity contribution in [3.8, 4) is 5.75 Å². The zero-order valence-electron chi connectivity index (χ0n) is 17.0. The lowest BCUT2D eigenvalue weighted by Crippen LogP contribution is -2.16. The molecule has 3 aromatic rings. The monoisotopic (exact) mass is 459 g/mol. The molecule has 0 aromatic heterocycles. The van der Waals surface area contributed by atoms with Crippen LogP contribution in [0.15, 0.2) is 65.6 Å². The molecule has 0 aliphatic rings. The molecule has 0 spiro atoms. The maximum Gasteiger partial charge on any atom is 0.271 e. The molecule has 166 valence electrons. The molecule has 0 unspecified atom stereocenters. The number of methoxy groups -OCH3 is 1. The Kier molecular flexibility index (Phi) is 6.40. The van der Waals surface area contributed by atoms with Crippen LogP contribution in [0, 0.1) is 22.9 Å². The average molecular weight is 459 g/mol. The summed E-state index contributed by atoms with van der Waals surface area (Å²) in [5.74, 6) is -0.958. The number of carbonyl (C=O) groups is 1. The molecular formula is C21H18FN3O6S. The van der Waals surface area contributed by atoms with E-state index in [-0.39, 0.29) is 27.6 Å². The number of non-ortho nitro benzene ring substituents is 1.